The predicted molar refractivity (Wildman–Crippen MR) is 251 cm³/mol. The van der Waals surface area contributed by atoms with E-state index in [1.165, 1.54) is 11.1 Å². The maximum absolute atomic E-state index is 6.58. The van der Waals surface area contributed by atoms with Crippen LogP contribution < -0.4 is 0 Å². The first-order chi connectivity index (χ1) is 30.2. The molecule has 0 saturated carbocycles. The maximum atomic E-state index is 6.58. The molecule has 11 aromatic rings. The number of benzene rings is 9. The molecule has 0 aliphatic heterocycles. The highest BCUT2D eigenvalue weighted by atomic mass is 16.3. The molecular weight excluding hydrogens is 743 g/mol. The Labute approximate surface area is 354 Å². The Hall–Kier alpha value is -8.21. The maximum Gasteiger partial charge on any atom is 0.164 e. The topological polar surface area (TPSA) is 51.8 Å². The van der Waals surface area contributed by atoms with Crippen molar-refractivity contribution in [3.63, 3.8) is 0 Å². The van der Waals surface area contributed by atoms with Crippen LogP contribution in [0.3, 0.4) is 0 Å². The first kappa shape index (κ1) is 35.9. The van der Waals surface area contributed by atoms with Crippen LogP contribution in [0.5, 0.6) is 0 Å². The molecule has 0 N–H and O–H groups in total. The summed E-state index contributed by atoms with van der Waals surface area (Å²) < 4.78 is 6.58. The molecule has 9 aromatic carbocycles. The molecule has 0 fully saturated rings. The molecule has 0 saturated heterocycles. The Balaban J connectivity index is 1.09. The molecule has 0 radical (unpaired) electrons. The summed E-state index contributed by atoms with van der Waals surface area (Å²) in [6, 6.07) is 78.3. The van der Waals surface area contributed by atoms with Crippen LogP contribution in [0.4, 0.5) is 0 Å². The number of hydrogen-bond acceptors (Lipinski definition) is 4. The first-order valence-electron chi connectivity index (χ1n) is 20.5. The van der Waals surface area contributed by atoms with Crippen molar-refractivity contribution in [2.24, 2.45) is 0 Å². The SMILES string of the molecule is c1ccc(-c2cccc(-c3cc(-c4ccccc4)cc(-c4ccc5oc6cccc(-c7nc(-c8ccccc8)nc(-c8ccccc8-c8ccccc8)n7)c6c5c4)c3)c2)cc1. The van der Waals surface area contributed by atoms with Crippen molar-refractivity contribution in [2.45, 2.75) is 0 Å². The van der Waals surface area contributed by atoms with Crippen molar-refractivity contribution >= 4 is 21.9 Å². The third-order valence-corrected chi connectivity index (χ3v) is 11.3. The molecule has 61 heavy (non-hydrogen) atoms. The second kappa shape index (κ2) is 15.5. The van der Waals surface area contributed by atoms with Crippen molar-refractivity contribution in [1.29, 1.82) is 0 Å². The number of furan rings is 1. The van der Waals surface area contributed by atoms with E-state index < -0.39 is 0 Å². The van der Waals surface area contributed by atoms with E-state index in [1.54, 1.807) is 0 Å². The number of rotatable bonds is 8. The molecule has 4 heteroatoms. The quantitative estimate of drug-likeness (QED) is 0.154. The van der Waals surface area contributed by atoms with Crippen LogP contribution in [-0.2, 0) is 0 Å². The van der Waals surface area contributed by atoms with Gasteiger partial charge < -0.3 is 4.42 Å². The lowest BCUT2D eigenvalue weighted by molar-refractivity contribution is 0.669. The summed E-state index contributed by atoms with van der Waals surface area (Å²) in [6.45, 7) is 0. The largest absolute Gasteiger partial charge is 0.456 e. The van der Waals surface area contributed by atoms with Gasteiger partial charge in [-0.25, -0.2) is 15.0 Å². The van der Waals surface area contributed by atoms with Crippen molar-refractivity contribution in [2.75, 3.05) is 0 Å². The van der Waals surface area contributed by atoms with Gasteiger partial charge in [0.1, 0.15) is 11.2 Å². The molecule has 0 atom stereocenters. The molecule has 0 aliphatic carbocycles. The van der Waals surface area contributed by atoms with Crippen LogP contribution in [0, 0.1) is 0 Å². The van der Waals surface area contributed by atoms with Crippen LogP contribution in [0.25, 0.3) is 112 Å². The number of fused-ring (bicyclic) bond motifs is 3. The Morgan fingerprint density at radius 2 is 0.672 bits per heavy atom. The van der Waals surface area contributed by atoms with E-state index in [-0.39, 0.29) is 0 Å². The van der Waals surface area contributed by atoms with E-state index in [9.17, 15) is 0 Å². The highest BCUT2D eigenvalue weighted by Gasteiger charge is 2.20. The minimum atomic E-state index is 0.581. The van der Waals surface area contributed by atoms with Gasteiger partial charge in [-0.05, 0) is 98.1 Å². The average Bonchev–Trinajstić information content (AvgIpc) is 3.73. The fraction of sp³-hybridized carbons (Fsp3) is 0. The minimum absolute atomic E-state index is 0.581. The standard InChI is InChI=1S/C57H37N3O/c1-5-17-38(18-6-1)42-25-15-26-43(33-42)46-34-45(39-19-7-2-8-20-39)35-47(36-46)44-31-32-52-51(37-44)54-50(29-16-30-53(54)61-52)57-59-55(41-23-11-4-12-24-41)58-56(60-57)49-28-14-13-27-48(49)40-21-9-3-10-22-40/h1-37H. The molecular formula is C57H37N3O. The molecule has 0 bridgehead atoms. The number of aromatic nitrogens is 3. The molecule has 0 aliphatic rings. The van der Waals surface area contributed by atoms with Gasteiger partial charge in [-0.2, -0.15) is 0 Å². The van der Waals surface area contributed by atoms with Gasteiger partial charge in [0, 0.05) is 27.5 Å². The third-order valence-electron chi connectivity index (χ3n) is 11.3. The molecule has 11 rings (SSSR count). The van der Waals surface area contributed by atoms with Gasteiger partial charge in [0.2, 0.25) is 0 Å². The Bertz CT molecular complexity index is 3340. The van der Waals surface area contributed by atoms with E-state index >= 15 is 0 Å². The van der Waals surface area contributed by atoms with Gasteiger partial charge in [0.05, 0.1) is 0 Å². The fourth-order valence-corrected chi connectivity index (χ4v) is 8.34. The van der Waals surface area contributed by atoms with Crippen molar-refractivity contribution in [1.82, 2.24) is 15.0 Å². The van der Waals surface area contributed by atoms with Gasteiger partial charge in [0.25, 0.3) is 0 Å². The van der Waals surface area contributed by atoms with E-state index in [2.05, 4.69) is 170 Å². The summed E-state index contributed by atoms with van der Waals surface area (Å²) in [5.74, 6) is 1.79. The average molecular weight is 780 g/mol. The van der Waals surface area contributed by atoms with Crippen LogP contribution >= 0.6 is 0 Å². The summed E-state index contributed by atoms with van der Waals surface area (Å²) in [4.78, 5) is 15.5. The minimum Gasteiger partial charge on any atom is -0.456 e. The van der Waals surface area contributed by atoms with Gasteiger partial charge in [0.15, 0.2) is 17.5 Å². The van der Waals surface area contributed by atoms with E-state index in [1.807, 2.05) is 54.6 Å². The summed E-state index contributed by atoms with van der Waals surface area (Å²) in [5, 5.41) is 1.95. The van der Waals surface area contributed by atoms with E-state index in [0.29, 0.717) is 17.5 Å². The fourth-order valence-electron chi connectivity index (χ4n) is 8.34. The summed E-state index contributed by atoms with van der Waals surface area (Å²) in [5.41, 5.74) is 15.6. The van der Waals surface area contributed by atoms with Gasteiger partial charge in [-0.15, -0.1) is 0 Å². The lowest BCUT2D eigenvalue weighted by atomic mass is 9.91. The summed E-state index contributed by atoms with van der Waals surface area (Å²) >= 11 is 0. The predicted octanol–water partition coefficient (Wildman–Crippen LogP) is 15.1. The third kappa shape index (κ3) is 6.96. The highest BCUT2D eigenvalue weighted by molar-refractivity contribution is 6.13. The molecule has 2 heterocycles. The van der Waals surface area contributed by atoms with E-state index in [4.69, 9.17) is 19.4 Å². The van der Waals surface area contributed by atoms with Crippen LogP contribution in [0.1, 0.15) is 0 Å². The Morgan fingerprint density at radius 3 is 1.33 bits per heavy atom. The van der Waals surface area contributed by atoms with Crippen LogP contribution in [0.15, 0.2) is 229 Å². The summed E-state index contributed by atoms with van der Waals surface area (Å²) in [6.07, 6.45) is 0. The van der Waals surface area contributed by atoms with E-state index in [0.717, 1.165) is 83.1 Å². The highest BCUT2D eigenvalue weighted by Crippen LogP contribution is 2.41. The molecule has 0 unspecified atom stereocenters. The number of nitrogens with zero attached hydrogens (tertiary/aromatic N) is 3. The van der Waals surface area contributed by atoms with Gasteiger partial charge >= 0.3 is 0 Å². The van der Waals surface area contributed by atoms with Gasteiger partial charge in [-0.3, -0.25) is 0 Å². The smallest absolute Gasteiger partial charge is 0.164 e. The van der Waals surface area contributed by atoms with Crippen molar-refractivity contribution < 1.29 is 4.42 Å². The zero-order valence-electron chi connectivity index (χ0n) is 33.1. The molecule has 4 nitrogen and oxygen atoms in total. The normalized spacial score (nSPS) is 11.3. The lowest BCUT2D eigenvalue weighted by Crippen LogP contribution is -2.01. The second-order valence-electron chi connectivity index (χ2n) is 15.2. The monoisotopic (exact) mass is 779 g/mol. The Morgan fingerprint density at radius 1 is 0.246 bits per heavy atom. The zero-order chi connectivity index (χ0) is 40.5. The molecule has 0 amide bonds. The number of hydrogen-bond donors (Lipinski definition) is 0. The zero-order valence-corrected chi connectivity index (χ0v) is 33.1. The van der Waals surface area contributed by atoms with Crippen molar-refractivity contribution in [3.05, 3.63) is 224 Å². The van der Waals surface area contributed by atoms with Crippen LogP contribution in [-0.4, -0.2) is 15.0 Å². The van der Waals surface area contributed by atoms with Crippen molar-refractivity contribution in [3.8, 4) is 89.8 Å². The molecule has 2 aromatic heterocycles. The second-order valence-corrected chi connectivity index (χ2v) is 15.2. The first-order valence-corrected chi connectivity index (χ1v) is 20.5. The molecule has 0 spiro atoms. The van der Waals surface area contributed by atoms with Crippen LogP contribution in [0.2, 0.25) is 0 Å². The van der Waals surface area contributed by atoms with Gasteiger partial charge in [-0.1, -0.05) is 182 Å². The molecule has 286 valence electrons. The summed E-state index contributed by atoms with van der Waals surface area (Å²) in [7, 11) is 0. The Kier molecular flexibility index (Phi) is 9.14. The lowest BCUT2D eigenvalue weighted by Gasteiger charge is -2.13.